The summed E-state index contributed by atoms with van der Waals surface area (Å²) in [6.07, 6.45) is 0.269. The van der Waals surface area contributed by atoms with Crippen molar-refractivity contribution in [2.24, 2.45) is 0 Å². The first-order chi connectivity index (χ1) is 8.58. The number of hydrogen-bond donors (Lipinski definition) is 0. The number of halogens is 1. The van der Waals surface area contributed by atoms with E-state index in [1.54, 1.807) is 16.8 Å². The lowest BCUT2D eigenvalue weighted by Crippen LogP contribution is -2.31. The van der Waals surface area contributed by atoms with Gasteiger partial charge >= 0.3 is 6.03 Å². The number of rotatable bonds is 4. The molecule has 0 N–H and O–H groups in total. The Balaban J connectivity index is 1.89. The molecule has 1 fully saturated rings. The second-order valence-electron chi connectivity index (χ2n) is 4.37. The average molecular weight is 250 g/mol. The highest BCUT2D eigenvalue weighted by Gasteiger charge is 2.25. The Morgan fingerprint density at radius 1 is 1.28 bits per heavy atom. The van der Waals surface area contributed by atoms with E-state index in [1.807, 2.05) is 0 Å². The number of benzene rings is 1. The summed E-state index contributed by atoms with van der Waals surface area (Å²) < 4.78 is 12.7. The van der Waals surface area contributed by atoms with Crippen LogP contribution in [0.4, 0.5) is 9.18 Å². The molecule has 1 aromatic rings. The van der Waals surface area contributed by atoms with Crippen LogP contribution < -0.4 is 0 Å². The number of likely N-dealkylation sites (N-methyl/N-ethyl adjacent to an activating group) is 1. The number of carbonyl (C=O) groups excluding carboxylic acids is 2. The average Bonchev–Trinajstić information content (AvgIpc) is 2.68. The van der Waals surface area contributed by atoms with Crippen LogP contribution in [0, 0.1) is 5.82 Å². The largest absolute Gasteiger partial charge is 0.326 e. The molecule has 0 radical (unpaired) electrons. The fourth-order valence-corrected chi connectivity index (χ4v) is 1.93. The van der Waals surface area contributed by atoms with Crippen molar-refractivity contribution in [1.29, 1.82) is 0 Å². The molecule has 18 heavy (non-hydrogen) atoms. The summed E-state index contributed by atoms with van der Waals surface area (Å²) in [7, 11) is 1.74. The van der Waals surface area contributed by atoms with Gasteiger partial charge in [-0.2, -0.15) is 0 Å². The molecule has 0 unspecified atom stereocenters. The van der Waals surface area contributed by atoms with Crippen LogP contribution >= 0.6 is 0 Å². The predicted molar refractivity (Wildman–Crippen MR) is 64.9 cm³/mol. The summed E-state index contributed by atoms with van der Waals surface area (Å²) >= 11 is 0. The second kappa shape index (κ2) is 5.16. The van der Waals surface area contributed by atoms with Gasteiger partial charge in [0.2, 0.25) is 0 Å². The minimum Gasteiger partial charge on any atom is -0.326 e. The van der Waals surface area contributed by atoms with Crippen LogP contribution in [0.2, 0.25) is 0 Å². The Kier molecular flexibility index (Phi) is 3.60. The maximum absolute atomic E-state index is 12.7. The van der Waals surface area contributed by atoms with Gasteiger partial charge in [-0.25, -0.2) is 9.18 Å². The molecule has 1 heterocycles. The van der Waals surface area contributed by atoms with Crippen LogP contribution in [0.15, 0.2) is 24.3 Å². The maximum atomic E-state index is 12.7. The first-order valence-corrected chi connectivity index (χ1v) is 5.87. The van der Waals surface area contributed by atoms with Gasteiger partial charge in [0, 0.05) is 38.7 Å². The zero-order chi connectivity index (χ0) is 13.1. The van der Waals surface area contributed by atoms with Gasteiger partial charge in [0.25, 0.3) is 0 Å². The van der Waals surface area contributed by atoms with Gasteiger partial charge in [0.1, 0.15) is 5.82 Å². The molecule has 4 nitrogen and oxygen atoms in total. The summed E-state index contributed by atoms with van der Waals surface area (Å²) in [6.45, 7) is 1.77. The summed E-state index contributed by atoms with van der Waals surface area (Å²) in [5, 5.41) is 0. The number of nitrogens with zero attached hydrogens (tertiary/aromatic N) is 2. The van der Waals surface area contributed by atoms with Crippen molar-refractivity contribution in [2.75, 3.05) is 26.7 Å². The molecule has 0 aliphatic carbocycles. The Hall–Kier alpha value is -1.91. The molecule has 0 spiro atoms. The Bertz CT molecular complexity index is 459. The van der Waals surface area contributed by atoms with E-state index in [2.05, 4.69) is 0 Å². The van der Waals surface area contributed by atoms with Crippen molar-refractivity contribution in [1.82, 2.24) is 9.80 Å². The van der Waals surface area contributed by atoms with E-state index in [0.29, 0.717) is 25.2 Å². The number of hydrogen-bond acceptors (Lipinski definition) is 2. The Morgan fingerprint density at radius 3 is 2.50 bits per heavy atom. The Labute approximate surface area is 105 Å². The van der Waals surface area contributed by atoms with Gasteiger partial charge in [-0.3, -0.25) is 4.79 Å². The normalized spacial score (nSPS) is 15.3. The first-order valence-electron chi connectivity index (χ1n) is 5.87. The fourth-order valence-electron chi connectivity index (χ4n) is 1.93. The highest BCUT2D eigenvalue weighted by atomic mass is 19.1. The molecule has 5 heteroatoms. The second-order valence-corrected chi connectivity index (χ2v) is 4.37. The van der Waals surface area contributed by atoms with Crippen LogP contribution in [-0.2, 0) is 0 Å². The maximum Gasteiger partial charge on any atom is 0.319 e. The molecule has 0 saturated carbocycles. The predicted octanol–water partition coefficient (Wildman–Crippen LogP) is 1.77. The van der Waals surface area contributed by atoms with E-state index in [9.17, 15) is 14.0 Å². The molecule has 1 aliphatic heterocycles. The molecule has 96 valence electrons. The van der Waals surface area contributed by atoms with Gasteiger partial charge < -0.3 is 9.80 Å². The van der Waals surface area contributed by atoms with Crippen molar-refractivity contribution in [3.8, 4) is 0 Å². The lowest BCUT2D eigenvalue weighted by molar-refractivity contribution is 0.0972. The first kappa shape index (κ1) is 12.5. The van der Waals surface area contributed by atoms with Crippen LogP contribution in [0.3, 0.4) is 0 Å². The number of urea groups is 1. The van der Waals surface area contributed by atoms with Crippen LogP contribution in [-0.4, -0.2) is 48.3 Å². The van der Waals surface area contributed by atoms with E-state index in [0.717, 1.165) is 0 Å². The Morgan fingerprint density at radius 2 is 1.94 bits per heavy atom. The minimum absolute atomic E-state index is 0.0399. The third kappa shape index (κ3) is 2.67. The van der Waals surface area contributed by atoms with Crippen LogP contribution in [0.5, 0.6) is 0 Å². The molecule has 1 aromatic carbocycles. The van der Waals surface area contributed by atoms with Crippen molar-refractivity contribution >= 4 is 11.8 Å². The van der Waals surface area contributed by atoms with Crippen molar-refractivity contribution < 1.29 is 14.0 Å². The third-order valence-electron chi connectivity index (χ3n) is 3.08. The van der Waals surface area contributed by atoms with Crippen molar-refractivity contribution in [3.63, 3.8) is 0 Å². The van der Waals surface area contributed by atoms with Gasteiger partial charge in [-0.05, 0) is 24.3 Å². The number of carbonyl (C=O) groups is 2. The molecule has 1 aliphatic rings. The van der Waals surface area contributed by atoms with Gasteiger partial charge in [-0.15, -0.1) is 0 Å². The van der Waals surface area contributed by atoms with Crippen molar-refractivity contribution in [3.05, 3.63) is 35.6 Å². The van der Waals surface area contributed by atoms with Gasteiger partial charge in [-0.1, -0.05) is 0 Å². The van der Waals surface area contributed by atoms with Crippen molar-refractivity contribution in [2.45, 2.75) is 6.42 Å². The molecule has 0 bridgehead atoms. The molecule has 0 atom stereocenters. The van der Waals surface area contributed by atoms with E-state index in [4.69, 9.17) is 0 Å². The topological polar surface area (TPSA) is 40.6 Å². The molecule has 2 amide bonds. The van der Waals surface area contributed by atoms with Crippen LogP contribution in [0.25, 0.3) is 0 Å². The minimum atomic E-state index is -0.358. The summed E-state index contributed by atoms with van der Waals surface area (Å²) in [4.78, 5) is 26.7. The summed E-state index contributed by atoms with van der Waals surface area (Å²) in [6, 6.07) is 5.43. The van der Waals surface area contributed by atoms with E-state index in [1.165, 1.54) is 24.3 Å². The lowest BCUT2D eigenvalue weighted by Gasteiger charge is -2.15. The quantitative estimate of drug-likeness (QED) is 0.764. The third-order valence-corrected chi connectivity index (χ3v) is 3.08. The number of Topliss-reactive ketones (excluding diaryl/α,β-unsaturated/α-hetero) is 1. The zero-order valence-electron chi connectivity index (χ0n) is 10.2. The zero-order valence-corrected chi connectivity index (χ0v) is 10.2. The molecule has 0 aromatic heterocycles. The lowest BCUT2D eigenvalue weighted by atomic mass is 10.1. The summed E-state index contributed by atoms with van der Waals surface area (Å²) in [5.41, 5.74) is 0.483. The molecular formula is C13H15FN2O2. The standard InChI is InChI=1S/C13H15FN2O2/c1-15-8-9-16(13(15)18)7-6-12(17)10-2-4-11(14)5-3-10/h2-5H,6-9H2,1H3. The molecule has 1 saturated heterocycles. The number of amides is 2. The monoisotopic (exact) mass is 250 g/mol. The summed E-state index contributed by atoms with van der Waals surface area (Å²) in [5.74, 6) is -0.430. The highest BCUT2D eigenvalue weighted by molar-refractivity contribution is 5.96. The number of ketones is 1. The molecule has 2 rings (SSSR count). The molecular weight excluding hydrogens is 235 g/mol. The van der Waals surface area contributed by atoms with E-state index < -0.39 is 0 Å². The fraction of sp³-hybridized carbons (Fsp3) is 0.385. The van der Waals surface area contributed by atoms with E-state index >= 15 is 0 Å². The highest BCUT2D eigenvalue weighted by Crippen LogP contribution is 2.10. The van der Waals surface area contributed by atoms with Gasteiger partial charge in [0.15, 0.2) is 5.78 Å². The van der Waals surface area contributed by atoms with E-state index in [-0.39, 0.29) is 24.1 Å². The smallest absolute Gasteiger partial charge is 0.319 e. The van der Waals surface area contributed by atoms with Gasteiger partial charge in [0.05, 0.1) is 0 Å². The van der Waals surface area contributed by atoms with Crippen LogP contribution in [0.1, 0.15) is 16.8 Å². The SMILES string of the molecule is CN1CCN(CCC(=O)c2ccc(F)cc2)C1=O.